The van der Waals surface area contributed by atoms with E-state index in [9.17, 15) is 4.79 Å². The van der Waals surface area contributed by atoms with E-state index >= 15 is 0 Å². The summed E-state index contributed by atoms with van der Waals surface area (Å²) in [5, 5.41) is 7.80. The summed E-state index contributed by atoms with van der Waals surface area (Å²) in [7, 11) is 0. The molecule has 1 aliphatic heterocycles. The molecular formula is C3H5N5O. The number of rotatable bonds is 0. The Hall–Kier alpha value is -1.59. The maximum absolute atomic E-state index is 10.3. The van der Waals surface area contributed by atoms with Gasteiger partial charge in [-0.1, -0.05) is 0 Å². The highest BCUT2D eigenvalue weighted by atomic mass is 16.2. The van der Waals surface area contributed by atoms with Crippen molar-refractivity contribution in [2.24, 2.45) is 15.9 Å². The first kappa shape index (κ1) is 5.54. The number of hydrogen-bond donors (Lipinski definition) is 2. The molecule has 1 heterocycles. The molecule has 1 aliphatic rings. The summed E-state index contributed by atoms with van der Waals surface area (Å²) in [5.74, 6) is 0. The van der Waals surface area contributed by atoms with E-state index in [0.717, 1.165) is 5.12 Å². The van der Waals surface area contributed by atoms with Gasteiger partial charge >= 0.3 is 6.03 Å². The van der Waals surface area contributed by atoms with Crippen LogP contribution in [0.4, 0.5) is 4.79 Å². The fourth-order valence-electron chi connectivity index (χ4n) is 0.350. The number of urea groups is 1. The topological polar surface area (TPSA) is 83.1 Å². The summed E-state index contributed by atoms with van der Waals surface area (Å²) in [4.78, 5) is 10.3. The van der Waals surface area contributed by atoms with E-state index in [1.807, 2.05) is 0 Å². The highest BCUT2D eigenvalue weighted by Gasteiger charge is 2.05. The van der Waals surface area contributed by atoms with Crippen molar-refractivity contribution in [3.05, 3.63) is 0 Å². The van der Waals surface area contributed by atoms with Crippen molar-refractivity contribution in [1.82, 2.24) is 10.7 Å². The lowest BCUT2D eigenvalue weighted by Gasteiger charge is -2.13. The second kappa shape index (κ2) is 2.12. The van der Waals surface area contributed by atoms with Crippen molar-refractivity contribution >= 4 is 18.5 Å². The molecule has 0 bridgehead atoms. The molecule has 48 valence electrons. The van der Waals surface area contributed by atoms with E-state index in [0.29, 0.717) is 0 Å². The number of hydrazine groups is 1. The third kappa shape index (κ3) is 1.15. The van der Waals surface area contributed by atoms with E-state index in [1.165, 1.54) is 12.4 Å². The van der Waals surface area contributed by atoms with Crippen molar-refractivity contribution in [2.45, 2.75) is 0 Å². The van der Waals surface area contributed by atoms with Gasteiger partial charge in [-0.25, -0.2) is 4.79 Å². The Morgan fingerprint density at radius 2 is 2.44 bits per heavy atom. The summed E-state index contributed by atoms with van der Waals surface area (Å²) in [6, 6.07) is -0.692. The fourth-order valence-corrected chi connectivity index (χ4v) is 0.350. The lowest BCUT2D eigenvalue weighted by atomic mass is 10.8. The quantitative estimate of drug-likeness (QED) is 0.431. The van der Waals surface area contributed by atoms with Gasteiger partial charge in [0.2, 0.25) is 0 Å². The molecule has 0 atom stereocenters. The first-order chi connectivity index (χ1) is 4.30. The minimum atomic E-state index is -0.692. The number of nitrogens with two attached hydrogens (primary N) is 1. The Balaban J connectivity index is 2.56. The minimum Gasteiger partial charge on any atom is -0.348 e. The van der Waals surface area contributed by atoms with Crippen LogP contribution in [0.5, 0.6) is 0 Å². The molecule has 6 heteroatoms. The zero-order chi connectivity index (χ0) is 6.69. The molecule has 9 heavy (non-hydrogen) atoms. The summed E-state index contributed by atoms with van der Waals surface area (Å²) in [6.45, 7) is 0. The number of hydrazone groups is 2. The SMILES string of the molecule is NC(=O)N1N=CC=NN1. The van der Waals surface area contributed by atoms with Gasteiger partial charge in [0.1, 0.15) is 0 Å². The Bertz CT molecular complexity index is 173. The van der Waals surface area contributed by atoms with Crippen LogP contribution in [0, 0.1) is 0 Å². The number of carbonyl (C=O) groups excluding carboxylic acids is 1. The molecule has 0 unspecified atom stereocenters. The summed E-state index contributed by atoms with van der Waals surface area (Å²) >= 11 is 0. The Morgan fingerprint density at radius 3 is 2.78 bits per heavy atom. The number of carbonyl (C=O) groups is 1. The molecular weight excluding hydrogens is 122 g/mol. The average Bonchev–Trinajstić information content (AvgIpc) is 1.90. The van der Waals surface area contributed by atoms with Gasteiger partial charge < -0.3 is 5.73 Å². The molecule has 0 saturated carbocycles. The highest BCUT2D eigenvalue weighted by molar-refractivity contribution is 6.16. The van der Waals surface area contributed by atoms with Gasteiger partial charge in [0.25, 0.3) is 0 Å². The van der Waals surface area contributed by atoms with Crippen molar-refractivity contribution in [3.8, 4) is 0 Å². The van der Waals surface area contributed by atoms with Crippen LogP contribution in [0.2, 0.25) is 0 Å². The van der Waals surface area contributed by atoms with E-state index in [4.69, 9.17) is 5.73 Å². The molecule has 3 N–H and O–H groups in total. The molecule has 0 radical (unpaired) electrons. The Labute approximate surface area is 51.0 Å². The van der Waals surface area contributed by atoms with Gasteiger partial charge in [-0.3, -0.25) is 0 Å². The predicted molar refractivity (Wildman–Crippen MR) is 31.5 cm³/mol. The van der Waals surface area contributed by atoms with Crippen molar-refractivity contribution in [1.29, 1.82) is 0 Å². The first-order valence-corrected chi connectivity index (χ1v) is 2.21. The van der Waals surface area contributed by atoms with Crippen LogP contribution < -0.4 is 11.3 Å². The van der Waals surface area contributed by atoms with E-state index < -0.39 is 6.03 Å². The van der Waals surface area contributed by atoms with E-state index in [2.05, 4.69) is 15.7 Å². The smallest absolute Gasteiger partial charge is 0.348 e. The van der Waals surface area contributed by atoms with Gasteiger partial charge in [0.05, 0.1) is 12.4 Å². The van der Waals surface area contributed by atoms with E-state index in [-0.39, 0.29) is 0 Å². The number of hydrogen-bond acceptors (Lipinski definition) is 4. The van der Waals surface area contributed by atoms with Crippen LogP contribution >= 0.6 is 0 Å². The highest BCUT2D eigenvalue weighted by Crippen LogP contribution is 1.83. The van der Waals surface area contributed by atoms with Crippen molar-refractivity contribution in [3.63, 3.8) is 0 Å². The van der Waals surface area contributed by atoms with Crippen LogP contribution in [0.15, 0.2) is 10.2 Å². The lowest BCUT2D eigenvalue weighted by Crippen LogP contribution is -2.41. The zero-order valence-corrected chi connectivity index (χ0v) is 4.48. The summed E-state index contributed by atoms with van der Waals surface area (Å²) in [6.07, 6.45) is 2.75. The minimum absolute atomic E-state index is 0.692. The van der Waals surface area contributed by atoms with Crippen LogP contribution in [0.3, 0.4) is 0 Å². The van der Waals surface area contributed by atoms with Gasteiger partial charge in [0, 0.05) is 0 Å². The second-order valence-corrected chi connectivity index (χ2v) is 1.29. The van der Waals surface area contributed by atoms with Gasteiger partial charge in [-0.05, 0) is 0 Å². The fraction of sp³-hybridized carbons (Fsp3) is 0. The zero-order valence-electron chi connectivity index (χ0n) is 4.48. The molecule has 0 fully saturated rings. The molecule has 6 nitrogen and oxygen atoms in total. The molecule has 2 amide bonds. The third-order valence-electron chi connectivity index (χ3n) is 0.685. The van der Waals surface area contributed by atoms with Crippen LogP contribution in [-0.4, -0.2) is 23.6 Å². The largest absolute Gasteiger partial charge is 0.356 e. The van der Waals surface area contributed by atoms with Gasteiger partial charge in [-0.15, -0.1) is 5.12 Å². The number of amides is 2. The van der Waals surface area contributed by atoms with Crippen molar-refractivity contribution in [2.75, 3.05) is 0 Å². The molecule has 0 saturated heterocycles. The average molecular weight is 127 g/mol. The Kier molecular flexibility index (Phi) is 1.31. The van der Waals surface area contributed by atoms with Crippen LogP contribution in [-0.2, 0) is 0 Å². The summed E-state index contributed by atoms with van der Waals surface area (Å²) in [5.41, 5.74) is 7.05. The number of nitrogens with zero attached hydrogens (tertiary/aromatic N) is 3. The first-order valence-electron chi connectivity index (χ1n) is 2.21. The van der Waals surface area contributed by atoms with Crippen LogP contribution in [0.25, 0.3) is 0 Å². The van der Waals surface area contributed by atoms with Crippen molar-refractivity contribution < 1.29 is 4.79 Å². The maximum Gasteiger partial charge on any atom is 0.356 e. The summed E-state index contributed by atoms with van der Waals surface area (Å²) < 4.78 is 0. The molecule has 0 spiro atoms. The lowest BCUT2D eigenvalue weighted by molar-refractivity contribution is 0.184. The molecule has 0 aromatic carbocycles. The molecule has 0 aliphatic carbocycles. The normalized spacial score (nSPS) is 15.3. The third-order valence-corrected chi connectivity index (χ3v) is 0.685. The Morgan fingerprint density at radius 1 is 1.67 bits per heavy atom. The predicted octanol–water partition coefficient (Wildman–Crippen LogP) is -1.14. The number of nitrogens with one attached hydrogen (secondary N) is 1. The standard InChI is InChI=1S/C3H5N5O/c4-3(9)8-6-2-1-5-7-8/h1-2,7H,(H2,4,9). The monoisotopic (exact) mass is 127 g/mol. The number of primary amides is 1. The maximum atomic E-state index is 10.3. The molecule has 0 aromatic heterocycles. The van der Waals surface area contributed by atoms with Crippen LogP contribution in [0.1, 0.15) is 0 Å². The van der Waals surface area contributed by atoms with E-state index in [1.54, 1.807) is 0 Å². The molecule has 0 aromatic rings. The van der Waals surface area contributed by atoms with Gasteiger partial charge in [-0.2, -0.15) is 15.7 Å². The van der Waals surface area contributed by atoms with Gasteiger partial charge in [0.15, 0.2) is 0 Å². The second-order valence-electron chi connectivity index (χ2n) is 1.29. The molecule has 1 rings (SSSR count).